The molecular weight excluding hydrogens is 584 g/mol. The zero-order chi connectivity index (χ0) is 32.6. The maximum absolute atomic E-state index is 12.2. The average Bonchev–Trinajstić information content (AvgIpc) is 2.84. The van der Waals surface area contributed by atoms with E-state index in [9.17, 15) is 33.6 Å². The van der Waals surface area contributed by atoms with Crippen LogP contribution >= 0.6 is 0 Å². The van der Waals surface area contributed by atoms with Gasteiger partial charge in [-0.05, 0) is 6.92 Å². The second kappa shape index (κ2) is 15.6. The molecule has 0 amide bonds. The predicted molar refractivity (Wildman–Crippen MR) is 134 cm³/mol. The molecule has 0 aliphatic carbocycles. The topological polar surface area (TPSA) is 212 Å². The first kappa shape index (κ1) is 35.4. The molecule has 0 aromatic rings. The highest BCUT2D eigenvalue weighted by molar-refractivity contribution is 5.69. The number of hydrogen-bond acceptors (Lipinski definition) is 17. The van der Waals surface area contributed by atoms with E-state index >= 15 is 0 Å². The van der Waals surface area contributed by atoms with Crippen LogP contribution in [-0.2, 0) is 80.9 Å². The molecule has 17 heteroatoms. The fraction of sp³-hybridized carbons (Fsp3) is 0.731. The van der Waals surface area contributed by atoms with Gasteiger partial charge >= 0.3 is 41.8 Å². The largest absolute Gasteiger partial charge is 0.463 e. The third kappa shape index (κ3) is 10.4. The summed E-state index contributed by atoms with van der Waals surface area (Å²) in [5.41, 5.74) is 0. The lowest BCUT2D eigenvalue weighted by Gasteiger charge is -2.48. The quantitative estimate of drug-likeness (QED) is 0.225. The lowest BCUT2D eigenvalue weighted by Crippen LogP contribution is -2.66. The number of carbonyl (C=O) groups excluding carboxylic acids is 7. The van der Waals surface area contributed by atoms with Crippen molar-refractivity contribution in [1.29, 1.82) is 0 Å². The molecular formula is C26H36O17. The van der Waals surface area contributed by atoms with Crippen LogP contribution in [0.15, 0.2) is 0 Å². The minimum Gasteiger partial charge on any atom is -0.463 e. The van der Waals surface area contributed by atoms with E-state index in [-0.39, 0.29) is 0 Å². The zero-order valence-corrected chi connectivity index (χ0v) is 24.9. The molecule has 43 heavy (non-hydrogen) atoms. The molecule has 0 N–H and O–H groups in total. The van der Waals surface area contributed by atoms with Crippen molar-refractivity contribution in [1.82, 2.24) is 0 Å². The summed E-state index contributed by atoms with van der Waals surface area (Å²) < 4.78 is 54.9. The van der Waals surface area contributed by atoms with Gasteiger partial charge in [-0.3, -0.25) is 33.6 Å². The summed E-state index contributed by atoms with van der Waals surface area (Å²) in [5, 5.41) is 0. The van der Waals surface area contributed by atoms with Crippen molar-refractivity contribution in [2.45, 2.75) is 117 Å². The molecule has 2 saturated heterocycles. The summed E-state index contributed by atoms with van der Waals surface area (Å²) in [5.74, 6) is -5.80. The van der Waals surface area contributed by atoms with Crippen molar-refractivity contribution in [2.75, 3.05) is 6.61 Å². The van der Waals surface area contributed by atoms with E-state index in [4.69, 9.17) is 47.4 Å². The average molecular weight is 621 g/mol. The number of carbonyl (C=O) groups is 7. The van der Waals surface area contributed by atoms with E-state index in [2.05, 4.69) is 0 Å². The molecule has 2 aliphatic heterocycles. The van der Waals surface area contributed by atoms with Gasteiger partial charge in [-0.1, -0.05) is 0 Å². The van der Waals surface area contributed by atoms with Crippen molar-refractivity contribution in [3.05, 3.63) is 0 Å². The number of hydrogen-bond donors (Lipinski definition) is 0. The first-order chi connectivity index (χ1) is 20.0. The Morgan fingerprint density at radius 3 is 1.35 bits per heavy atom. The Labute approximate surface area is 246 Å². The Balaban J connectivity index is 2.66. The van der Waals surface area contributed by atoms with Gasteiger partial charge in [0.25, 0.3) is 0 Å². The van der Waals surface area contributed by atoms with Crippen LogP contribution in [0.4, 0.5) is 0 Å². The molecule has 2 heterocycles. The van der Waals surface area contributed by atoms with E-state index in [1.807, 2.05) is 0 Å². The summed E-state index contributed by atoms with van der Waals surface area (Å²) in [6.07, 6.45) is -14.8. The minimum atomic E-state index is -1.68. The van der Waals surface area contributed by atoms with E-state index in [0.29, 0.717) is 0 Å². The third-order valence-electron chi connectivity index (χ3n) is 5.85. The Bertz CT molecular complexity index is 1060. The summed E-state index contributed by atoms with van der Waals surface area (Å²) in [6.45, 7) is 8.39. The van der Waals surface area contributed by atoms with Gasteiger partial charge in [0.15, 0.2) is 36.8 Å². The van der Waals surface area contributed by atoms with E-state index in [1.165, 1.54) is 6.92 Å². The Morgan fingerprint density at radius 1 is 0.465 bits per heavy atom. The van der Waals surface area contributed by atoms with Gasteiger partial charge < -0.3 is 47.4 Å². The maximum Gasteiger partial charge on any atom is 0.305 e. The first-order valence-corrected chi connectivity index (χ1v) is 13.1. The molecule has 17 nitrogen and oxygen atoms in total. The number of rotatable bonds is 10. The van der Waals surface area contributed by atoms with Crippen LogP contribution in [0.2, 0.25) is 0 Å². The fourth-order valence-corrected chi connectivity index (χ4v) is 4.51. The van der Waals surface area contributed by atoms with Crippen LogP contribution in [-0.4, -0.2) is 110 Å². The Hall–Kier alpha value is -3.83. The van der Waals surface area contributed by atoms with Crippen LogP contribution in [0.3, 0.4) is 0 Å². The molecule has 0 unspecified atom stereocenters. The van der Waals surface area contributed by atoms with Crippen LogP contribution in [0.1, 0.15) is 55.4 Å². The molecule has 0 radical (unpaired) electrons. The van der Waals surface area contributed by atoms with E-state index in [0.717, 1.165) is 48.5 Å². The summed E-state index contributed by atoms with van der Waals surface area (Å²) in [4.78, 5) is 83.8. The SMILES string of the molecule is CC(=O)OC[C@H]1O[C@@H](OC(C)=O)[C@H](OC(C)=O)[C@@H](O[C@@H]2O[C@@H](C)[C@H](OC(C)=O)[C@@H](OC(C)=O)[C@H]2OC(C)=O)[C@H]1OC(C)=O. The first-order valence-electron chi connectivity index (χ1n) is 13.1. The van der Waals surface area contributed by atoms with Gasteiger partial charge in [0.2, 0.25) is 6.29 Å². The third-order valence-corrected chi connectivity index (χ3v) is 5.85. The zero-order valence-electron chi connectivity index (χ0n) is 24.9. The monoisotopic (exact) mass is 620 g/mol. The fourth-order valence-electron chi connectivity index (χ4n) is 4.51. The molecule has 0 aromatic carbocycles. The van der Waals surface area contributed by atoms with Gasteiger partial charge in [-0.25, -0.2) is 0 Å². The second-order valence-corrected chi connectivity index (χ2v) is 9.64. The van der Waals surface area contributed by atoms with Gasteiger partial charge in [0, 0.05) is 48.5 Å². The highest BCUT2D eigenvalue weighted by Crippen LogP contribution is 2.35. The highest BCUT2D eigenvalue weighted by atomic mass is 16.8. The molecule has 2 rings (SSSR count). The second-order valence-electron chi connectivity index (χ2n) is 9.64. The van der Waals surface area contributed by atoms with Gasteiger partial charge in [0.1, 0.15) is 18.8 Å². The molecule has 0 bridgehead atoms. The van der Waals surface area contributed by atoms with Crippen LogP contribution in [0.5, 0.6) is 0 Å². The molecule has 0 saturated carbocycles. The standard InChI is InChI=1S/C26H36O17/c1-10-19(36-12(3)28)21(38-14(5)30)23(39-15(6)31)25(35-10)43-22-20(37-13(4)29)18(9-34-11(2)27)42-26(41-17(8)33)24(22)40-16(7)32/h10,18-26H,9H2,1-8H3/t10-,18+,19-,20-,21+,22-,23+,24+,25-,26+/m0/s1. The molecule has 10 atom stereocenters. The lowest BCUT2D eigenvalue weighted by atomic mass is 9.96. The van der Waals surface area contributed by atoms with Gasteiger partial charge in [-0.15, -0.1) is 0 Å². The molecule has 242 valence electrons. The van der Waals surface area contributed by atoms with Crippen LogP contribution in [0, 0.1) is 0 Å². The summed E-state index contributed by atoms with van der Waals surface area (Å²) >= 11 is 0. The van der Waals surface area contributed by atoms with Gasteiger partial charge in [-0.2, -0.15) is 0 Å². The summed E-state index contributed by atoms with van der Waals surface area (Å²) in [7, 11) is 0. The predicted octanol–water partition coefficient (Wildman–Crippen LogP) is -0.374. The smallest absolute Gasteiger partial charge is 0.305 e. The molecule has 0 aromatic heterocycles. The van der Waals surface area contributed by atoms with E-state index < -0.39 is 110 Å². The van der Waals surface area contributed by atoms with Gasteiger partial charge in [0.05, 0.1) is 6.10 Å². The maximum atomic E-state index is 12.2. The van der Waals surface area contributed by atoms with Crippen LogP contribution in [0.25, 0.3) is 0 Å². The highest BCUT2D eigenvalue weighted by Gasteiger charge is 2.57. The van der Waals surface area contributed by atoms with Crippen LogP contribution < -0.4 is 0 Å². The van der Waals surface area contributed by atoms with Crippen molar-refractivity contribution < 1.29 is 80.9 Å². The number of ether oxygens (including phenoxy) is 10. The molecule has 2 aliphatic rings. The summed E-state index contributed by atoms with van der Waals surface area (Å²) in [6, 6.07) is 0. The van der Waals surface area contributed by atoms with Crippen molar-refractivity contribution >= 4 is 41.8 Å². The minimum absolute atomic E-state index is 0.530. The van der Waals surface area contributed by atoms with E-state index in [1.54, 1.807) is 0 Å². The normalized spacial score (nSPS) is 31.9. The van der Waals surface area contributed by atoms with Crippen molar-refractivity contribution in [3.8, 4) is 0 Å². The molecule has 2 fully saturated rings. The van der Waals surface area contributed by atoms with Crippen molar-refractivity contribution in [3.63, 3.8) is 0 Å². The van der Waals surface area contributed by atoms with Crippen molar-refractivity contribution in [2.24, 2.45) is 0 Å². The number of esters is 7. The Morgan fingerprint density at radius 2 is 0.884 bits per heavy atom. The Kier molecular flexibility index (Phi) is 12.8. The molecule has 0 spiro atoms. The lowest BCUT2D eigenvalue weighted by molar-refractivity contribution is -0.355.